The maximum Gasteiger partial charge on any atom is 0.333 e. The van der Waals surface area contributed by atoms with Crippen LogP contribution in [0.2, 0.25) is 0 Å². The minimum Gasteiger partial charge on any atom is -0.490 e. The molecule has 0 spiro atoms. The third kappa shape index (κ3) is 4.36. The van der Waals surface area contributed by atoms with E-state index < -0.39 is 11.9 Å². The van der Waals surface area contributed by atoms with Crippen LogP contribution in [0.4, 0.5) is 10.5 Å². The molecule has 1 heterocycles. The monoisotopic (exact) mass is 402 g/mol. The lowest BCUT2D eigenvalue weighted by Crippen LogP contribution is -2.30. The molecule has 0 aliphatic carbocycles. The number of allylic oxidation sites excluding steroid dienone is 1. The van der Waals surface area contributed by atoms with Gasteiger partial charge in [0.25, 0.3) is 5.91 Å². The van der Waals surface area contributed by atoms with Gasteiger partial charge in [-0.15, -0.1) is 13.0 Å². The molecule has 6 heteroatoms. The summed E-state index contributed by atoms with van der Waals surface area (Å²) >= 11 is 0. The van der Waals surface area contributed by atoms with Gasteiger partial charge in [0.05, 0.1) is 12.3 Å². The first-order valence-electron chi connectivity index (χ1n) is 9.48. The predicted octanol–water partition coefficient (Wildman–Crippen LogP) is 3.92. The summed E-state index contributed by atoms with van der Waals surface area (Å²) in [5.74, 6) is 3.07. The fourth-order valence-electron chi connectivity index (χ4n) is 3.13. The van der Waals surface area contributed by atoms with E-state index in [9.17, 15) is 9.59 Å². The molecule has 0 aromatic heterocycles. The first-order valence-corrected chi connectivity index (χ1v) is 9.48. The molecule has 3 rings (SSSR count). The van der Waals surface area contributed by atoms with Gasteiger partial charge in [-0.25, -0.2) is 9.69 Å². The van der Waals surface area contributed by atoms with E-state index >= 15 is 0 Å². The summed E-state index contributed by atoms with van der Waals surface area (Å²) in [5.41, 5.74) is 2.17. The standard InChI is InChI=1S/C24H22N2O4/c1-4-10-18-14-17(16-21(29-6-3)22(18)30-13-5-2)15-20-23(27)26(24(28)25-20)19-11-8-7-9-12-19/h2,4,7-9,11-12,14-16H,1,6,10,13H2,3H3,(H,25,28)/b20-15+. The summed E-state index contributed by atoms with van der Waals surface area (Å²) in [4.78, 5) is 26.3. The number of imide groups is 1. The summed E-state index contributed by atoms with van der Waals surface area (Å²) in [6, 6.07) is 11.9. The second-order valence-corrected chi connectivity index (χ2v) is 6.39. The number of terminal acetylenes is 1. The molecule has 0 saturated carbocycles. The quantitative estimate of drug-likeness (QED) is 0.315. The van der Waals surface area contributed by atoms with Crippen LogP contribution in [0.1, 0.15) is 18.1 Å². The van der Waals surface area contributed by atoms with E-state index in [0.717, 1.165) is 10.5 Å². The highest BCUT2D eigenvalue weighted by molar-refractivity contribution is 6.28. The molecule has 30 heavy (non-hydrogen) atoms. The highest BCUT2D eigenvalue weighted by Crippen LogP contribution is 2.35. The molecule has 1 fully saturated rings. The van der Waals surface area contributed by atoms with Crippen molar-refractivity contribution in [3.05, 3.63) is 71.9 Å². The lowest BCUT2D eigenvalue weighted by atomic mass is 10.0. The van der Waals surface area contributed by atoms with Crippen molar-refractivity contribution in [2.75, 3.05) is 18.1 Å². The van der Waals surface area contributed by atoms with Crippen molar-refractivity contribution in [1.82, 2.24) is 5.32 Å². The molecular weight excluding hydrogens is 380 g/mol. The first kappa shape index (κ1) is 20.7. The predicted molar refractivity (Wildman–Crippen MR) is 116 cm³/mol. The normalized spacial score (nSPS) is 14.4. The van der Waals surface area contributed by atoms with Gasteiger partial charge in [-0.2, -0.15) is 0 Å². The van der Waals surface area contributed by atoms with Crippen molar-refractivity contribution in [3.63, 3.8) is 0 Å². The van der Waals surface area contributed by atoms with Gasteiger partial charge < -0.3 is 14.8 Å². The number of nitrogens with zero attached hydrogens (tertiary/aromatic N) is 1. The minimum atomic E-state index is -0.497. The number of hydrogen-bond donors (Lipinski definition) is 1. The molecule has 1 N–H and O–H groups in total. The third-order valence-corrected chi connectivity index (χ3v) is 4.32. The number of urea groups is 1. The van der Waals surface area contributed by atoms with E-state index in [1.807, 2.05) is 19.1 Å². The van der Waals surface area contributed by atoms with Crippen LogP contribution in [-0.4, -0.2) is 25.2 Å². The van der Waals surface area contributed by atoms with Gasteiger partial charge in [-0.3, -0.25) is 4.79 Å². The molecule has 2 aromatic rings. The Morgan fingerprint density at radius 2 is 1.97 bits per heavy atom. The third-order valence-electron chi connectivity index (χ3n) is 4.32. The maximum atomic E-state index is 12.8. The summed E-state index contributed by atoms with van der Waals surface area (Å²) in [7, 11) is 0. The van der Waals surface area contributed by atoms with E-state index in [1.54, 1.807) is 42.5 Å². The average molecular weight is 402 g/mol. The zero-order valence-electron chi connectivity index (χ0n) is 16.7. The van der Waals surface area contributed by atoms with Gasteiger partial charge in [0.2, 0.25) is 0 Å². The Hall–Kier alpha value is -3.98. The number of carbonyl (C=O) groups is 2. The summed E-state index contributed by atoms with van der Waals surface area (Å²) in [5, 5.41) is 2.63. The Morgan fingerprint density at radius 3 is 2.63 bits per heavy atom. The number of carbonyl (C=O) groups excluding carboxylic acids is 2. The number of ether oxygens (including phenoxy) is 2. The highest BCUT2D eigenvalue weighted by Gasteiger charge is 2.34. The molecule has 152 valence electrons. The molecule has 3 amide bonds. The Labute approximate surface area is 175 Å². The number of nitrogens with one attached hydrogen (secondary N) is 1. The molecule has 0 radical (unpaired) electrons. The Morgan fingerprint density at radius 1 is 1.20 bits per heavy atom. The Balaban J connectivity index is 2.00. The molecule has 1 aliphatic heterocycles. The fourth-order valence-corrected chi connectivity index (χ4v) is 3.13. The van der Waals surface area contributed by atoms with Crippen molar-refractivity contribution < 1.29 is 19.1 Å². The second kappa shape index (κ2) is 9.48. The van der Waals surface area contributed by atoms with Gasteiger partial charge in [0.15, 0.2) is 11.5 Å². The van der Waals surface area contributed by atoms with Crippen LogP contribution in [0.3, 0.4) is 0 Å². The van der Waals surface area contributed by atoms with Gasteiger partial charge in [-0.1, -0.05) is 30.2 Å². The largest absolute Gasteiger partial charge is 0.490 e. The van der Waals surface area contributed by atoms with Crippen LogP contribution in [-0.2, 0) is 11.2 Å². The molecular formula is C24H22N2O4. The second-order valence-electron chi connectivity index (χ2n) is 6.39. The number of anilines is 1. The molecule has 1 aliphatic rings. The number of amides is 3. The smallest absolute Gasteiger partial charge is 0.333 e. The van der Waals surface area contributed by atoms with E-state index in [0.29, 0.717) is 35.8 Å². The van der Waals surface area contributed by atoms with Crippen LogP contribution >= 0.6 is 0 Å². The fraction of sp³-hybridized carbons (Fsp3) is 0.167. The van der Waals surface area contributed by atoms with Crippen LogP contribution in [0.5, 0.6) is 11.5 Å². The molecule has 6 nitrogen and oxygen atoms in total. The van der Waals surface area contributed by atoms with Gasteiger partial charge in [-0.05, 0) is 49.2 Å². The highest BCUT2D eigenvalue weighted by atomic mass is 16.5. The van der Waals surface area contributed by atoms with Crippen LogP contribution in [0.15, 0.2) is 60.8 Å². The van der Waals surface area contributed by atoms with E-state index in [2.05, 4.69) is 17.8 Å². The SMILES string of the molecule is C#CCOc1c(CC=C)cc(/C=C2/NC(=O)N(c3ccccc3)C2=O)cc1OCC. The molecule has 2 aromatic carbocycles. The van der Waals surface area contributed by atoms with Gasteiger partial charge in [0, 0.05) is 5.56 Å². The summed E-state index contributed by atoms with van der Waals surface area (Å²) in [6.45, 7) is 6.17. The lowest BCUT2D eigenvalue weighted by Gasteiger charge is -2.15. The van der Waals surface area contributed by atoms with Gasteiger partial charge >= 0.3 is 6.03 Å². The van der Waals surface area contributed by atoms with Crippen molar-refractivity contribution in [2.45, 2.75) is 13.3 Å². The van der Waals surface area contributed by atoms with E-state index in [-0.39, 0.29) is 12.3 Å². The van der Waals surface area contributed by atoms with Crippen molar-refractivity contribution >= 4 is 23.7 Å². The Kier molecular flexibility index (Phi) is 6.56. The maximum absolute atomic E-state index is 12.8. The van der Waals surface area contributed by atoms with Crippen LogP contribution in [0.25, 0.3) is 6.08 Å². The van der Waals surface area contributed by atoms with Gasteiger partial charge in [0.1, 0.15) is 12.3 Å². The van der Waals surface area contributed by atoms with E-state index in [1.165, 1.54) is 0 Å². The number of hydrogen-bond acceptors (Lipinski definition) is 4. The topological polar surface area (TPSA) is 67.9 Å². The van der Waals surface area contributed by atoms with Crippen LogP contribution < -0.4 is 19.7 Å². The van der Waals surface area contributed by atoms with Crippen LogP contribution in [0, 0.1) is 12.3 Å². The summed E-state index contributed by atoms with van der Waals surface area (Å²) < 4.78 is 11.4. The van der Waals surface area contributed by atoms with Crippen molar-refractivity contribution in [2.24, 2.45) is 0 Å². The first-order chi connectivity index (χ1) is 14.6. The zero-order valence-corrected chi connectivity index (χ0v) is 16.7. The number of para-hydroxylation sites is 1. The molecule has 0 bridgehead atoms. The Bertz CT molecular complexity index is 1040. The zero-order chi connectivity index (χ0) is 21.5. The average Bonchev–Trinajstić information content (AvgIpc) is 3.01. The van der Waals surface area contributed by atoms with Crippen molar-refractivity contribution in [3.8, 4) is 23.8 Å². The molecule has 1 saturated heterocycles. The van der Waals surface area contributed by atoms with E-state index in [4.69, 9.17) is 15.9 Å². The number of rotatable bonds is 8. The van der Waals surface area contributed by atoms with Crippen molar-refractivity contribution in [1.29, 1.82) is 0 Å². The molecule has 0 unspecified atom stereocenters. The number of benzene rings is 2. The lowest BCUT2D eigenvalue weighted by molar-refractivity contribution is -0.113. The summed E-state index contributed by atoms with van der Waals surface area (Å²) in [6.07, 6.45) is 9.20. The molecule has 0 atom stereocenters. The minimum absolute atomic E-state index is 0.102.